The standard InChI is InChI=1S/C33H36FN5O4S/c1-32(2,3)43-31(42)36-23-8-7-13-38(18-23)30(41)28-16-24(20-9-12-27(35-6)25(34)15-20)29(44-28)21-10-11-26-22(14-21)17-39(37-26)33(4,5)19-40/h9-12,14-17,23,40H,7-8,13,18-19H2,1-5H3,(H,36,42)/t23-/m1/s1. The minimum Gasteiger partial charge on any atom is -0.444 e. The minimum absolute atomic E-state index is 0.0704. The molecule has 0 unspecified atom stereocenters. The van der Waals surface area contributed by atoms with E-state index in [-0.39, 0.29) is 24.2 Å². The lowest BCUT2D eigenvalue weighted by Crippen LogP contribution is -2.50. The summed E-state index contributed by atoms with van der Waals surface area (Å²) in [7, 11) is 0. The molecular weight excluding hydrogens is 581 g/mol. The quantitative estimate of drug-likeness (QED) is 0.228. The van der Waals surface area contributed by atoms with Crippen molar-refractivity contribution in [3.05, 3.63) is 70.8 Å². The third-order valence-electron chi connectivity index (χ3n) is 7.53. The summed E-state index contributed by atoms with van der Waals surface area (Å²) in [6.07, 6.45) is 2.83. The normalized spacial score (nSPS) is 15.7. The number of amides is 2. The van der Waals surface area contributed by atoms with Crippen molar-refractivity contribution >= 4 is 39.9 Å². The first kappa shape index (κ1) is 31.2. The van der Waals surface area contributed by atoms with E-state index in [2.05, 4.69) is 15.3 Å². The van der Waals surface area contributed by atoms with Gasteiger partial charge in [-0.05, 0) is 82.9 Å². The summed E-state index contributed by atoms with van der Waals surface area (Å²) in [6, 6.07) is 11.8. The molecular formula is C33H36FN5O4S. The third-order valence-corrected chi connectivity index (χ3v) is 8.70. The van der Waals surface area contributed by atoms with E-state index in [1.54, 1.807) is 42.5 Å². The first-order valence-corrected chi connectivity index (χ1v) is 15.3. The average Bonchev–Trinajstić information content (AvgIpc) is 3.61. The molecule has 1 aliphatic heterocycles. The second-order valence-corrected chi connectivity index (χ2v) is 13.7. The van der Waals surface area contributed by atoms with Crippen molar-refractivity contribution in [2.75, 3.05) is 19.7 Å². The summed E-state index contributed by atoms with van der Waals surface area (Å²) in [5.74, 6) is -0.799. The Balaban J connectivity index is 1.50. The van der Waals surface area contributed by atoms with Crippen LogP contribution in [0.5, 0.6) is 0 Å². The summed E-state index contributed by atoms with van der Waals surface area (Å²) < 4.78 is 21.9. The number of hydrogen-bond donors (Lipinski definition) is 2. The Labute approximate surface area is 260 Å². The lowest BCUT2D eigenvalue weighted by molar-refractivity contribution is 0.0453. The first-order chi connectivity index (χ1) is 20.8. The molecule has 0 bridgehead atoms. The maximum absolute atomic E-state index is 14.8. The SMILES string of the molecule is [C-]#[N+]c1ccc(-c2cc(C(=O)N3CCC[C@@H](NC(=O)OC(C)(C)C)C3)sc2-c2ccc3nn(C(C)(C)CO)cc3c2)cc1F. The predicted octanol–water partition coefficient (Wildman–Crippen LogP) is 6.98. The number of aliphatic hydroxyl groups is 1. The number of fused-ring (bicyclic) bond motifs is 1. The highest BCUT2D eigenvalue weighted by atomic mass is 32.1. The number of likely N-dealkylation sites (tertiary alicyclic amines) is 1. The van der Waals surface area contributed by atoms with Gasteiger partial charge in [-0.1, -0.05) is 18.2 Å². The number of carbonyl (C=O) groups excluding carboxylic acids is 2. The number of ether oxygens (including phenoxy) is 1. The number of thiophene rings is 1. The van der Waals surface area contributed by atoms with E-state index in [0.717, 1.165) is 34.2 Å². The molecule has 2 aromatic carbocycles. The van der Waals surface area contributed by atoms with Crippen LogP contribution in [-0.4, -0.2) is 63.1 Å². The Morgan fingerprint density at radius 3 is 2.59 bits per heavy atom. The number of benzene rings is 2. The number of aliphatic hydroxyl groups excluding tert-OH is 1. The number of halogens is 1. The van der Waals surface area contributed by atoms with E-state index < -0.39 is 23.1 Å². The van der Waals surface area contributed by atoms with Crippen molar-refractivity contribution in [2.24, 2.45) is 0 Å². The van der Waals surface area contributed by atoms with E-state index in [9.17, 15) is 19.1 Å². The topological polar surface area (TPSA) is 101 Å². The van der Waals surface area contributed by atoms with E-state index >= 15 is 0 Å². The van der Waals surface area contributed by atoms with Crippen LogP contribution < -0.4 is 5.32 Å². The van der Waals surface area contributed by atoms with Crippen LogP contribution in [0.15, 0.2) is 48.7 Å². The van der Waals surface area contributed by atoms with Gasteiger partial charge in [0.25, 0.3) is 5.91 Å². The van der Waals surface area contributed by atoms with E-state index in [4.69, 9.17) is 11.3 Å². The Bertz CT molecular complexity index is 1760. The molecule has 1 atom stereocenters. The van der Waals surface area contributed by atoms with Crippen LogP contribution in [-0.2, 0) is 10.3 Å². The first-order valence-electron chi connectivity index (χ1n) is 14.5. The fourth-order valence-corrected chi connectivity index (χ4v) is 6.29. The largest absolute Gasteiger partial charge is 0.444 e. The minimum atomic E-state index is -0.627. The molecule has 9 nitrogen and oxygen atoms in total. The molecule has 3 heterocycles. The van der Waals surface area contributed by atoms with Gasteiger partial charge in [0.05, 0.1) is 29.1 Å². The zero-order valence-electron chi connectivity index (χ0n) is 25.5. The van der Waals surface area contributed by atoms with Gasteiger partial charge >= 0.3 is 6.09 Å². The van der Waals surface area contributed by atoms with Gasteiger partial charge in [-0.2, -0.15) is 5.10 Å². The van der Waals surface area contributed by atoms with Gasteiger partial charge in [-0.25, -0.2) is 14.0 Å². The third kappa shape index (κ3) is 6.61. The Morgan fingerprint density at radius 2 is 1.91 bits per heavy atom. The van der Waals surface area contributed by atoms with E-state index in [1.165, 1.54) is 23.5 Å². The fourth-order valence-electron chi connectivity index (χ4n) is 5.15. The lowest BCUT2D eigenvalue weighted by atomic mass is 10.0. The van der Waals surface area contributed by atoms with Crippen molar-refractivity contribution in [1.29, 1.82) is 0 Å². The molecule has 0 spiro atoms. The van der Waals surface area contributed by atoms with Crippen molar-refractivity contribution in [1.82, 2.24) is 20.0 Å². The van der Waals surface area contributed by atoms with Gasteiger partial charge in [0.15, 0.2) is 0 Å². The number of carbonyl (C=O) groups is 2. The monoisotopic (exact) mass is 617 g/mol. The van der Waals surface area contributed by atoms with Gasteiger partial charge in [0.2, 0.25) is 5.69 Å². The zero-order valence-corrected chi connectivity index (χ0v) is 26.3. The van der Waals surface area contributed by atoms with Crippen LogP contribution in [0, 0.1) is 12.4 Å². The molecule has 1 saturated heterocycles. The number of nitrogens with zero attached hydrogens (tertiary/aromatic N) is 4. The molecule has 2 aromatic heterocycles. The molecule has 0 radical (unpaired) electrons. The predicted molar refractivity (Wildman–Crippen MR) is 169 cm³/mol. The number of piperidine rings is 1. The van der Waals surface area contributed by atoms with Crippen LogP contribution in [0.1, 0.15) is 57.1 Å². The highest BCUT2D eigenvalue weighted by Gasteiger charge is 2.29. The van der Waals surface area contributed by atoms with E-state index in [1.807, 2.05) is 38.2 Å². The van der Waals surface area contributed by atoms with Gasteiger partial charge in [0, 0.05) is 41.2 Å². The number of hydrogen-bond acceptors (Lipinski definition) is 6. The molecule has 230 valence electrons. The molecule has 0 aliphatic carbocycles. The number of aromatic nitrogens is 2. The second-order valence-electron chi connectivity index (χ2n) is 12.7. The summed E-state index contributed by atoms with van der Waals surface area (Å²) in [6.45, 7) is 17.2. The van der Waals surface area contributed by atoms with Crippen molar-refractivity contribution in [3.8, 4) is 21.6 Å². The second kappa shape index (κ2) is 12.0. The van der Waals surface area contributed by atoms with Crippen LogP contribution in [0.4, 0.5) is 14.9 Å². The number of alkyl carbamates (subject to hydrolysis) is 1. The highest BCUT2D eigenvalue weighted by molar-refractivity contribution is 7.18. The molecule has 1 aliphatic rings. The van der Waals surface area contributed by atoms with Crippen LogP contribution in [0.2, 0.25) is 0 Å². The molecule has 5 rings (SSSR count). The van der Waals surface area contributed by atoms with Gasteiger partial charge in [-0.3, -0.25) is 9.48 Å². The van der Waals surface area contributed by atoms with E-state index in [0.29, 0.717) is 29.1 Å². The van der Waals surface area contributed by atoms with Gasteiger partial charge in [0.1, 0.15) is 11.4 Å². The van der Waals surface area contributed by atoms with Crippen LogP contribution in [0.25, 0.3) is 37.3 Å². The Kier molecular flexibility index (Phi) is 8.51. The van der Waals surface area contributed by atoms with Crippen LogP contribution in [0.3, 0.4) is 0 Å². The Morgan fingerprint density at radius 1 is 1.16 bits per heavy atom. The maximum atomic E-state index is 14.8. The molecule has 0 saturated carbocycles. The fraction of sp³-hybridized carbons (Fsp3) is 0.394. The lowest BCUT2D eigenvalue weighted by Gasteiger charge is -2.33. The van der Waals surface area contributed by atoms with Crippen molar-refractivity contribution in [3.63, 3.8) is 0 Å². The summed E-state index contributed by atoms with van der Waals surface area (Å²) >= 11 is 1.32. The molecule has 4 aromatic rings. The zero-order chi connectivity index (χ0) is 31.8. The summed E-state index contributed by atoms with van der Waals surface area (Å²) in [5.41, 5.74) is 1.54. The number of nitrogens with one attached hydrogen (secondary N) is 1. The summed E-state index contributed by atoms with van der Waals surface area (Å²) in [5, 5.41) is 18.2. The van der Waals surface area contributed by atoms with Crippen molar-refractivity contribution < 1.29 is 23.8 Å². The average molecular weight is 618 g/mol. The molecule has 2 N–H and O–H groups in total. The van der Waals surface area contributed by atoms with Gasteiger partial charge in [-0.15, -0.1) is 11.3 Å². The maximum Gasteiger partial charge on any atom is 0.407 e. The van der Waals surface area contributed by atoms with Crippen LogP contribution >= 0.6 is 11.3 Å². The molecule has 11 heteroatoms. The smallest absolute Gasteiger partial charge is 0.407 e. The molecule has 44 heavy (non-hydrogen) atoms. The molecule has 1 fully saturated rings. The molecule has 2 amide bonds. The summed E-state index contributed by atoms with van der Waals surface area (Å²) in [4.78, 5) is 32.5. The van der Waals surface area contributed by atoms with Crippen molar-refractivity contribution in [2.45, 2.75) is 64.6 Å². The highest BCUT2D eigenvalue weighted by Crippen LogP contribution is 2.42. The van der Waals surface area contributed by atoms with Gasteiger partial charge < -0.3 is 20.1 Å². The Hall–Kier alpha value is -4.27. The number of rotatable bonds is 6.